The summed E-state index contributed by atoms with van der Waals surface area (Å²) in [5.41, 5.74) is 0.851. The highest BCUT2D eigenvalue weighted by atomic mass is 16.2. The molecule has 0 bridgehead atoms. The number of carbonyl (C=O) groups is 1. The van der Waals surface area contributed by atoms with Crippen molar-refractivity contribution in [2.24, 2.45) is 5.92 Å². The first-order valence-corrected chi connectivity index (χ1v) is 9.65. The molecule has 0 spiro atoms. The van der Waals surface area contributed by atoms with Crippen LogP contribution in [-0.4, -0.2) is 33.4 Å². The minimum Gasteiger partial charge on any atom is -0.341 e. The van der Waals surface area contributed by atoms with Crippen molar-refractivity contribution >= 4 is 16.8 Å². The Balaban J connectivity index is 1.44. The van der Waals surface area contributed by atoms with Crippen LogP contribution in [-0.2, 0) is 17.8 Å². The molecule has 0 atom stereocenters. The van der Waals surface area contributed by atoms with Gasteiger partial charge in [-0.25, -0.2) is 4.79 Å². The van der Waals surface area contributed by atoms with Gasteiger partial charge in [-0.3, -0.25) is 19.1 Å². The van der Waals surface area contributed by atoms with Crippen LogP contribution < -0.4 is 11.2 Å². The molecule has 28 heavy (non-hydrogen) atoms. The normalized spacial score (nSPS) is 15.1. The second kappa shape index (κ2) is 7.84. The first kappa shape index (κ1) is 18.2. The molecule has 2 aromatic carbocycles. The first-order chi connectivity index (χ1) is 13.6. The van der Waals surface area contributed by atoms with Gasteiger partial charge in [0.1, 0.15) is 6.54 Å². The van der Waals surface area contributed by atoms with Crippen molar-refractivity contribution < 1.29 is 4.79 Å². The lowest BCUT2D eigenvalue weighted by molar-refractivity contribution is -0.133. The maximum absolute atomic E-state index is 12.8. The molecule has 0 aliphatic carbocycles. The largest absolute Gasteiger partial charge is 0.341 e. The van der Waals surface area contributed by atoms with Gasteiger partial charge in [0.2, 0.25) is 5.91 Å². The number of nitrogens with one attached hydrogen (secondary N) is 1. The number of aromatic amines is 1. The molecule has 1 N–H and O–H groups in total. The number of likely N-dealkylation sites (tertiary alicyclic amines) is 1. The van der Waals surface area contributed by atoms with Gasteiger partial charge in [0.15, 0.2) is 0 Å². The fourth-order valence-corrected chi connectivity index (χ4v) is 3.97. The van der Waals surface area contributed by atoms with Crippen LogP contribution in [0.5, 0.6) is 0 Å². The Morgan fingerprint density at radius 1 is 0.964 bits per heavy atom. The molecule has 1 aliphatic heterocycles. The number of rotatable bonds is 4. The Kier molecular flexibility index (Phi) is 5.10. The molecule has 1 fully saturated rings. The molecule has 0 radical (unpaired) electrons. The summed E-state index contributed by atoms with van der Waals surface area (Å²) in [6.45, 7) is 1.35. The van der Waals surface area contributed by atoms with Gasteiger partial charge in [-0.1, -0.05) is 42.5 Å². The van der Waals surface area contributed by atoms with E-state index >= 15 is 0 Å². The SMILES string of the molecule is O=C(Cn1c(=O)[nH]c(=O)c2ccccc21)N1CCC(Cc2ccccc2)CC1. The van der Waals surface area contributed by atoms with E-state index in [1.54, 1.807) is 24.3 Å². The molecular weight excluding hydrogens is 354 g/mol. The fraction of sp³-hybridized carbons (Fsp3) is 0.318. The van der Waals surface area contributed by atoms with Crippen molar-refractivity contribution in [3.05, 3.63) is 81.0 Å². The highest BCUT2D eigenvalue weighted by Gasteiger charge is 2.23. The second-order valence-corrected chi connectivity index (χ2v) is 7.38. The van der Waals surface area contributed by atoms with Crippen LogP contribution in [0.1, 0.15) is 18.4 Å². The molecule has 1 aliphatic rings. The van der Waals surface area contributed by atoms with E-state index in [4.69, 9.17) is 0 Å². The topological polar surface area (TPSA) is 75.2 Å². The number of amides is 1. The van der Waals surface area contributed by atoms with E-state index < -0.39 is 11.2 Å². The molecule has 6 nitrogen and oxygen atoms in total. The zero-order chi connectivity index (χ0) is 19.5. The maximum Gasteiger partial charge on any atom is 0.329 e. The van der Waals surface area contributed by atoms with Crippen molar-refractivity contribution in [2.45, 2.75) is 25.8 Å². The lowest BCUT2D eigenvalue weighted by Crippen LogP contribution is -2.42. The molecule has 3 aromatic rings. The van der Waals surface area contributed by atoms with E-state index in [1.807, 2.05) is 11.0 Å². The predicted octanol–water partition coefficient (Wildman–Crippen LogP) is 2.17. The van der Waals surface area contributed by atoms with Crippen molar-refractivity contribution in [2.75, 3.05) is 13.1 Å². The number of para-hydroxylation sites is 1. The number of H-pyrrole nitrogens is 1. The number of hydrogen-bond donors (Lipinski definition) is 1. The lowest BCUT2D eigenvalue weighted by Gasteiger charge is -2.32. The summed E-state index contributed by atoms with van der Waals surface area (Å²) < 4.78 is 1.36. The number of hydrogen-bond acceptors (Lipinski definition) is 3. The van der Waals surface area contributed by atoms with Gasteiger partial charge >= 0.3 is 5.69 Å². The number of piperidine rings is 1. The van der Waals surface area contributed by atoms with Crippen molar-refractivity contribution in [1.82, 2.24) is 14.5 Å². The summed E-state index contributed by atoms with van der Waals surface area (Å²) >= 11 is 0. The van der Waals surface area contributed by atoms with Crippen molar-refractivity contribution in [1.29, 1.82) is 0 Å². The van der Waals surface area contributed by atoms with Crippen molar-refractivity contribution in [3.63, 3.8) is 0 Å². The zero-order valence-electron chi connectivity index (χ0n) is 15.6. The van der Waals surface area contributed by atoms with E-state index in [2.05, 4.69) is 29.2 Å². The Labute approximate surface area is 162 Å². The first-order valence-electron chi connectivity index (χ1n) is 9.65. The van der Waals surface area contributed by atoms with Crippen LogP contribution >= 0.6 is 0 Å². The molecular formula is C22H23N3O3. The molecule has 2 heterocycles. The van der Waals surface area contributed by atoms with Gasteiger partial charge in [0.25, 0.3) is 5.56 Å². The molecule has 0 unspecified atom stereocenters. The van der Waals surface area contributed by atoms with Crippen LogP contribution in [0.2, 0.25) is 0 Å². The predicted molar refractivity (Wildman–Crippen MR) is 108 cm³/mol. The number of benzene rings is 2. The highest BCUT2D eigenvalue weighted by molar-refractivity contribution is 5.81. The number of fused-ring (bicyclic) bond motifs is 1. The van der Waals surface area contributed by atoms with Crippen LogP contribution in [0.25, 0.3) is 10.9 Å². The minimum atomic E-state index is -0.545. The summed E-state index contributed by atoms with van der Waals surface area (Å²) in [5.74, 6) is 0.487. The molecule has 4 rings (SSSR count). The average Bonchev–Trinajstić information content (AvgIpc) is 2.72. The Hall–Kier alpha value is -3.15. The molecule has 1 amide bonds. The Bertz CT molecular complexity index is 1090. The van der Waals surface area contributed by atoms with Crippen LogP contribution in [0, 0.1) is 5.92 Å². The Morgan fingerprint density at radius 3 is 2.39 bits per heavy atom. The summed E-state index contributed by atoms with van der Waals surface area (Å²) in [4.78, 5) is 41.1. The number of aromatic nitrogens is 2. The standard InChI is InChI=1S/C22H23N3O3/c26-20(15-25-19-9-5-4-8-18(19)21(27)23-22(25)28)24-12-10-17(11-13-24)14-16-6-2-1-3-7-16/h1-9,17H,10-15H2,(H,23,27,28). The van der Waals surface area contributed by atoms with Gasteiger partial charge in [-0.2, -0.15) is 0 Å². The zero-order valence-corrected chi connectivity index (χ0v) is 15.6. The minimum absolute atomic E-state index is 0.0561. The van der Waals surface area contributed by atoms with Crippen LogP contribution in [0.15, 0.2) is 64.2 Å². The van der Waals surface area contributed by atoms with Gasteiger partial charge < -0.3 is 4.90 Å². The van der Waals surface area contributed by atoms with E-state index in [0.717, 1.165) is 19.3 Å². The molecule has 1 aromatic heterocycles. The average molecular weight is 377 g/mol. The van der Waals surface area contributed by atoms with Crippen LogP contribution in [0.4, 0.5) is 0 Å². The highest BCUT2D eigenvalue weighted by Crippen LogP contribution is 2.22. The summed E-state index contributed by atoms with van der Waals surface area (Å²) in [6, 6.07) is 17.3. The van der Waals surface area contributed by atoms with E-state index in [-0.39, 0.29) is 12.5 Å². The third-order valence-electron chi connectivity index (χ3n) is 5.53. The van der Waals surface area contributed by atoms with Gasteiger partial charge in [0, 0.05) is 13.1 Å². The summed E-state index contributed by atoms with van der Waals surface area (Å²) in [5, 5.41) is 0.413. The molecule has 1 saturated heterocycles. The molecule has 144 valence electrons. The third kappa shape index (κ3) is 3.76. The molecule has 6 heteroatoms. The maximum atomic E-state index is 12.8. The van der Waals surface area contributed by atoms with E-state index in [0.29, 0.717) is 29.9 Å². The van der Waals surface area contributed by atoms with Gasteiger partial charge in [-0.15, -0.1) is 0 Å². The number of nitrogens with zero attached hydrogens (tertiary/aromatic N) is 2. The van der Waals surface area contributed by atoms with Crippen LogP contribution in [0.3, 0.4) is 0 Å². The van der Waals surface area contributed by atoms with Crippen molar-refractivity contribution in [3.8, 4) is 0 Å². The third-order valence-corrected chi connectivity index (χ3v) is 5.53. The summed E-state index contributed by atoms with van der Waals surface area (Å²) in [7, 11) is 0. The lowest BCUT2D eigenvalue weighted by atomic mass is 9.90. The fourth-order valence-electron chi connectivity index (χ4n) is 3.97. The van der Waals surface area contributed by atoms with E-state index in [9.17, 15) is 14.4 Å². The monoisotopic (exact) mass is 377 g/mol. The van der Waals surface area contributed by atoms with E-state index in [1.165, 1.54) is 10.1 Å². The second-order valence-electron chi connectivity index (χ2n) is 7.38. The molecule has 0 saturated carbocycles. The number of carbonyl (C=O) groups excluding carboxylic acids is 1. The Morgan fingerprint density at radius 2 is 1.64 bits per heavy atom. The quantitative estimate of drug-likeness (QED) is 0.757. The summed E-state index contributed by atoms with van der Waals surface area (Å²) in [6.07, 6.45) is 2.96. The van der Waals surface area contributed by atoms with Gasteiger partial charge in [-0.05, 0) is 42.9 Å². The smallest absolute Gasteiger partial charge is 0.329 e. The van der Waals surface area contributed by atoms with Gasteiger partial charge in [0.05, 0.1) is 10.9 Å².